The van der Waals surface area contributed by atoms with Crippen molar-refractivity contribution in [3.63, 3.8) is 0 Å². The second-order valence-corrected chi connectivity index (χ2v) is 5.96. The summed E-state index contributed by atoms with van der Waals surface area (Å²) in [4.78, 5) is 14.1. The van der Waals surface area contributed by atoms with Crippen LogP contribution < -0.4 is 4.90 Å². The monoisotopic (exact) mass is 259 g/mol. The normalized spacial score (nSPS) is 21.2. The second-order valence-electron chi connectivity index (χ2n) is 5.96. The largest absolute Gasteiger partial charge is 0.481 e. The van der Waals surface area contributed by atoms with E-state index < -0.39 is 11.4 Å². The molecule has 0 bridgehead atoms. The molecule has 102 valence electrons. The average Bonchev–Trinajstić information content (AvgIpc) is 2.80. The standard InChI is InChI=1S/C16H21NO2/c1-17-10-7-12-11-13(5-6-14(12)17)16(15(18)19)8-3-2-4-9-16/h5-6,11H,2-4,7-10H2,1H3,(H,18,19). The van der Waals surface area contributed by atoms with E-state index in [-0.39, 0.29) is 0 Å². The van der Waals surface area contributed by atoms with E-state index >= 15 is 0 Å². The summed E-state index contributed by atoms with van der Waals surface area (Å²) in [6.45, 7) is 1.04. The number of hydrogen-bond acceptors (Lipinski definition) is 2. The third kappa shape index (κ3) is 1.92. The Labute approximate surface area is 114 Å². The zero-order valence-corrected chi connectivity index (χ0v) is 11.5. The van der Waals surface area contributed by atoms with Gasteiger partial charge in [-0.25, -0.2) is 0 Å². The molecule has 1 N–H and O–H groups in total. The minimum atomic E-state index is -0.640. The molecule has 0 unspecified atom stereocenters. The molecule has 0 amide bonds. The van der Waals surface area contributed by atoms with Gasteiger partial charge in [0.15, 0.2) is 0 Å². The molecule has 1 aliphatic heterocycles. The van der Waals surface area contributed by atoms with E-state index in [1.165, 1.54) is 17.7 Å². The first-order chi connectivity index (χ1) is 9.13. The summed E-state index contributed by atoms with van der Waals surface area (Å²) in [6.07, 6.45) is 5.85. The van der Waals surface area contributed by atoms with Gasteiger partial charge in [0.25, 0.3) is 0 Å². The number of aliphatic carboxylic acids is 1. The predicted octanol–water partition coefficient (Wildman–Crippen LogP) is 2.97. The van der Waals surface area contributed by atoms with Crippen molar-refractivity contribution in [1.29, 1.82) is 0 Å². The van der Waals surface area contributed by atoms with Gasteiger partial charge in [0.05, 0.1) is 5.41 Å². The fraction of sp³-hybridized carbons (Fsp3) is 0.562. The number of nitrogens with zero attached hydrogens (tertiary/aromatic N) is 1. The van der Waals surface area contributed by atoms with Crippen LogP contribution in [-0.2, 0) is 16.6 Å². The van der Waals surface area contributed by atoms with Crippen molar-refractivity contribution in [2.75, 3.05) is 18.5 Å². The smallest absolute Gasteiger partial charge is 0.314 e. The van der Waals surface area contributed by atoms with Gasteiger partial charge in [0, 0.05) is 19.3 Å². The number of likely N-dealkylation sites (N-methyl/N-ethyl adjacent to an activating group) is 1. The molecule has 3 rings (SSSR count). The van der Waals surface area contributed by atoms with E-state index in [1.807, 2.05) is 6.07 Å². The molecule has 1 aromatic rings. The summed E-state index contributed by atoms with van der Waals surface area (Å²) < 4.78 is 0. The number of hydrogen-bond donors (Lipinski definition) is 1. The van der Waals surface area contributed by atoms with Crippen LogP contribution in [0.1, 0.15) is 43.2 Å². The van der Waals surface area contributed by atoms with Crippen LogP contribution in [0.15, 0.2) is 18.2 Å². The lowest BCUT2D eigenvalue weighted by Gasteiger charge is -2.34. The van der Waals surface area contributed by atoms with Gasteiger partial charge in [-0.05, 0) is 36.5 Å². The summed E-state index contributed by atoms with van der Waals surface area (Å²) in [5.74, 6) is -0.640. The van der Waals surface area contributed by atoms with Gasteiger partial charge < -0.3 is 10.0 Å². The van der Waals surface area contributed by atoms with Crippen molar-refractivity contribution >= 4 is 11.7 Å². The topological polar surface area (TPSA) is 40.5 Å². The Morgan fingerprint density at radius 1 is 1.26 bits per heavy atom. The zero-order chi connectivity index (χ0) is 13.5. The highest BCUT2D eigenvalue weighted by Gasteiger charge is 2.41. The lowest BCUT2D eigenvalue weighted by atomic mass is 9.69. The van der Waals surface area contributed by atoms with Gasteiger partial charge >= 0.3 is 5.97 Å². The van der Waals surface area contributed by atoms with E-state index in [1.54, 1.807) is 0 Å². The molecule has 1 fully saturated rings. The third-order valence-corrected chi connectivity index (χ3v) is 4.88. The third-order valence-electron chi connectivity index (χ3n) is 4.88. The van der Waals surface area contributed by atoms with Crippen LogP contribution in [0.25, 0.3) is 0 Å². The maximum absolute atomic E-state index is 11.8. The van der Waals surface area contributed by atoms with Crippen LogP contribution in [0.5, 0.6) is 0 Å². The SMILES string of the molecule is CN1CCc2cc(C3(C(=O)O)CCCCC3)ccc21. The minimum absolute atomic E-state index is 0.631. The molecule has 3 nitrogen and oxygen atoms in total. The zero-order valence-electron chi connectivity index (χ0n) is 11.5. The molecule has 3 heteroatoms. The molecule has 0 spiro atoms. The van der Waals surface area contributed by atoms with Crippen molar-refractivity contribution in [3.05, 3.63) is 29.3 Å². The van der Waals surface area contributed by atoms with Crippen molar-refractivity contribution in [1.82, 2.24) is 0 Å². The Bertz CT molecular complexity index is 503. The van der Waals surface area contributed by atoms with Crippen LogP contribution in [0, 0.1) is 0 Å². The van der Waals surface area contributed by atoms with Crippen LogP contribution in [0.4, 0.5) is 5.69 Å². The minimum Gasteiger partial charge on any atom is -0.481 e. The number of anilines is 1. The van der Waals surface area contributed by atoms with Gasteiger partial charge in [-0.3, -0.25) is 4.79 Å². The molecule has 1 aromatic carbocycles. The number of rotatable bonds is 2. The number of carboxylic acids is 1. The Morgan fingerprint density at radius 2 is 2.00 bits per heavy atom. The lowest BCUT2D eigenvalue weighted by molar-refractivity contribution is -0.145. The fourth-order valence-corrected chi connectivity index (χ4v) is 3.65. The Morgan fingerprint density at radius 3 is 2.68 bits per heavy atom. The fourth-order valence-electron chi connectivity index (χ4n) is 3.65. The van der Waals surface area contributed by atoms with Gasteiger partial charge in [-0.1, -0.05) is 31.4 Å². The van der Waals surface area contributed by atoms with Gasteiger partial charge in [0.1, 0.15) is 0 Å². The number of benzene rings is 1. The van der Waals surface area contributed by atoms with Crippen LogP contribution in [0.3, 0.4) is 0 Å². The van der Waals surface area contributed by atoms with E-state index in [0.717, 1.165) is 44.2 Å². The van der Waals surface area contributed by atoms with E-state index in [9.17, 15) is 9.90 Å². The van der Waals surface area contributed by atoms with Crippen LogP contribution in [-0.4, -0.2) is 24.7 Å². The maximum Gasteiger partial charge on any atom is 0.314 e. The quantitative estimate of drug-likeness (QED) is 0.887. The summed E-state index contributed by atoms with van der Waals surface area (Å²) in [7, 11) is 2.10. The summed E-state index contributed by atoms with van der Waals surface area (Å²) in [6, 6.07) is 6.30. The number of fused-ring (bicyclic) bond motifs is 1. The average molecular weight is 259 g/mol. The Hall–Kier alpha value is -1.51. The van der Waals surface area contributed by atoms with Crippen molar-refractivity contribution < 1.29 is 9.90 Å². The molecule has 1 aliphatic carbocycles. The predicted molar refractivity (Wildman–Crippen MR) is 75.8 cm³/mol. The van der Waals surface area contributed by atoms with E-state index in [2.05, 4.69) is 24.1 Å². The summed E-state index contributed by atoms with van der Waals surface area (Å²) in [5.41, 5.74) is 2.97. The molecular weight excluding hydrogens is 238 g/mol. The lowest BCUT2D eigenvalue weighted by Crippen LogP contribution is -2.37. The van der Waals surface area contributed by atoms with E-state index in [4.69, 9.17) is 0 Å². The van der Waals surface area contributed by atoms with Crippen LogP contribution >= 0.6 is 0 Å². The summed E-state index contributed by atoms with van der Waals surface area (Å²) in [5, 5.41) is 9.73. The maximum atomic E-state index is 11.8. The van der Waals surface area contributed by atoms with Gasteiger partial charge in [-0.2, -0.15) is 0 Å². The first-order valence-electron chi connectivity index (χ1n) is 7.21. The van der Waals surface area contributed by atoms with Crippen molar-refractivity contribution in [2.45, 2.75) is 43.9 Å². The van der Waals surface area contributed by atoms with E-state index in [0.29, 0.717) is 0 Å². The van der Waals surface area contributed by atoms with Crippen molar-refractivity contribution in [2.24, 2.45) is 0 Å². The summed E-state index contributed by atoms with van der Waals surface area (Å²) >= 11 is 0. The van der Waals surface area contributed by atoms with Crippen LogP contribution in [0.2, 0.25) is 0 Å². The first kappa shape index (κ1) is 12.5. The molecule has 1 saturated carbocycles. The molecule has 19 heavy (non-hydrogen) atoms. The molecular formula is C16H21NO2. The molecule has 2 aliphatic rings. The highest BCUT2D eigenvalue weighted by molar-refractivity contribution is 5.82. The van der Waals surface area contributed by atoms with Gasteiger partial charge in [-0.15, -0.1) is 0 Å². The Balaban J connectivity index is 2.02. The Kier molecular flexibility index (Phi) is 3.00. The second kappa shape index (κ2) is 4.55. The first-order valence-corrected chi connectivity index (χ1v) is 7.21. The number of carboxylic acid groups (broad SMARTS) is 1. The molecule has 0 radical (unpaired) electrons. The molecule has 0 saturated heterocycles. The van der Waals surface area contributed by atoms with Gasteiger partial charge in [0.2, 0.25) is 0 Å². The highest BCUT2D eigenvalue weighted by atomic mass is 16.4. The number of carbonyl (C=O) groups is 1. The molecule has 1 heterocycles. The molecule has 0 atom stereocenters. The molecule has 0 aromatic heterocycles. The highest BCUT2D eigenvalue weighted by Crippen LogP contribution is 2.41. The van der Waals surface area contributed by atoms with Crippen molar-refractivity contribution in [3.8, 4) is 0 Å².